The second-order valence-corrected chi connectivity index (χ2v) is 7.27. The number of carbonyl (C=O) groups excluding carboxylic acids is 3. The zero-order valence-corrected chi connectivity index (χ0v) is 16.4. The van der Waals surface area contributed by atoms with Crippen LogP contribution in [0.1, 0.15) is 46.6 Å². The van der Waals surface area contributed by atoms with Crippen molar-refractivity contribution in [2.45, 2.75) is 31.7 Å². The van der Waals surface area contributed by atoms with Crippen LogP contribution in [0.15, 0.2) is 59.0 Å². The van der Waals surface area contributed by atoms with Crippen molar-refractivity contribution in [2.24, 2.45) is 0 Å². The first-order valence-corrected chi connectivity index (χ1v) is 9.95. The highest BCUT2D eigenvalue weighted by atomic mass is 16.5. The maximum Gasteiger partial charge on any atom is 0.374 e. The third-order valence-electron chi connectivity index (χ3n) is 5.10. The van der Waals surface area contributed by atoms with Crippen molar-refractivity contribution in [1.29, 1.82) is 0 Å². The average Bonchev–Trinajstić information content (AvgIpc) is 3.42. The molecule has 0 atom stereocenters. The highest BCUT2D eigenvalue weighted by Crippen LogP contribution is 2.21. The molecule has 0 unspecified atom stereocenters. The topological polar surface area (TPSA) is 97.6 Å². The lowest BCUT2D eigenvalue weighted by Crippen LogP contribution is -2.33. The van der Waals surface area contributed by atoms with Crippen molar-refractivity contribution >= 4 is 34.4 Å². The number of furan rings is 1. The number of anilines is 1. The zero-order valence-electron chi connectivity index (χ0n) is 16.4. The van der Waals surface area contributed by atoms with Crippen molar-refractivity contribution < 1.29 is 23.5 Å². The molecule has 2 aromatic carbocycles. The molecule has 154 valence electrons. The maximum absolute atomic E-state index is 12.6. The maximum atomic E-state index is 12.6. The lowest BCUT2D eigenvalue weighted by Gasteiger charge is -2.15. The van der Waals surface area contributed by atoms with Crippen LogP contribution in [0.2, 0.25) is 0 Å². The predicted molar refractivity (Wildman–Crippen MR) is 111 cm³/mol. The minimum atomic E-state index is -0.728. The molecule has 7 nitrogen and oxygen atoms in total. The fraction of sp³-hybridized carbons (Fsp3) is 0.261. The van der Waals surface area contributed by atoms with E-state index in [0.717, 1.165) is 31.1 Å². The first-order chi connectivity index (χ1) is 14.6. The Balaban J connectivity index is 1.35. The van der Waals surface area contributed by atoms with Gasteiger partial charge in [0.05, 0.1) is 11.3 Å². The van der Waals surface area contributed by atoms with E-state index in [4.69, 9.17) is 9.15 Å². The molecule has 1 heterocycles. The fourth-order valence-electron chi connectivity index (χ4n) is 3.59. The van der Waals surface area contributed by atoms with Gasteiger partial charge < -0.3 is 19.8 Å². The highest BCUT2D eigenvalue weighted by molar-refractivity contribution is 6.04. The molecule has 0 aliphatic heterocycles. The highest BCUT2D eigenvalue weighted by Gasteiger charge is 2.21. The van der Waals surface area contributed by atoms with E-state index in [2.05, 4.69) is 10.6 Å². The number of nitrogens with one attached hydrogen (secondary N) is 2. The van der Waals surface area contributed by atoms with Crippen molar-refractivity contribution in [3.05, 3.63) is 65.9 Å². The summed E-state index contributed by atoms with van der Waals surface area (Å²) >= 11 is 0. The first kappa shape index (κ1) is 19.7. The number of carbonyl (C=O) groups is 3. The molecule has 7 heteroatoms. The standard InChI is InChI=1S/C23H22N2O5/c26-21(14-29-23(28)20-13-15-7-1-6-12-19(15)30-20)25-18-11-5-4-10-17(18)22(27)24-16-8-2-3-9-16/h1,4-7,10-13,16H,2-3,8-9,14H2,(H,24,27)(H,25,26). The molecule has 0 radical (unpaired) electrons. The van der Waals surface area contributed by atoms with Crippen LogP contribution in [-0.4, -0.2) is 30.4 Å². The molecule has 0 spiro atoms. The minimum Gasteiger partial charge on any atom is -0.450 e. The number of rotatable bonds is 6. The van der Waals surface area contributed by atoms with Crippen LogP contribution in [-0.2, 0) is 9.53 Å². The van der Waals surface area contributed by atoms with Gasteiger partial charge in [-0.1, -0.05) is 43.2 Å². The average molecular weight is 406 g/mol. The number of hydrogen-bond acceptors (Lipinski definition) is 5. The van der Waals surface area contributed by atoms with Gasteiger partial charge in [-0.05, 0) is 37.1 Å². The Morgan fingerprint density at radius 2 is 1.73 bits per heavy atom. The summed E-state index contributed by atoms with van der Waals surface area (Å²) in [4.78, 5) is 37.0. The summed E-state index contributed by atoms with van der Waals surface area (Å²) in [5, 5.41) is 6.42. The van der Waals surface area contributed by atoms with Crippen LogP contribution in [0.4, 0.5) is 5.69 Å². The Morgan fingerprint density at radius 1 is 1.00 bits per heavy atom. The van der Waals surface area contributed by atoms with Crippen LogP contribution >= 0.6 is 0 Å². The number of fused-ring (bicyclic) bond motifs is 1. The van der Waals surface area contributed by atoms with E-state index < -0.39 is 18.5 Å². The van der Waals surface area contributed by atoms with Gasteiger partial charge in [0, 0.05) is 11.4 Å². The van der Waals surface area contributed by atoms with Crippen molar-refractivity contribution in [3.8, 4) is 0 Å². The Hall–Kier alpha value is -3.61. The Kier molecular flexibility index (Phi) is 5.79. The predicted octanol–water partition coefficient (Wildman–Crippen LogP) is 3.90. The van der Waals surface area contributed by atoms with Crippen LogP contribution in [0.25, 0.3) is 11.0 Å². The molecular weight excluding hydrogens is 384 g/mol. The molecular formula is C23H22N2O5. The van der Waals surface area contributed by atoms with E-state index in [1.54, 1.807) is 42.5 Å². The van der Waals surface area contributed by atoms with Gasteiger partial charge in [-0.25, -0.2) is 4.79 Å². The molecule has 1 aliphatic rings. The molecule has 1 aromatic heterocycles. The van der Waals surface area contributed by atoms with Gasteiger partial charge in [-0.3, -0.25) is 9.59 Å². The summed E-state index contributed by atoms with van der Waals surface area (Å²) < 4.78 is 10.5. The summed E-state index contributed by atoms with van der Waals surface area (Å²) in [6.45, 7) is -0.492. The van der Waals surface area contributed by atoms with E-state index in [9.17, 15) is 14.4 Å². The minimum absolute atomic E-state index is 0.0281. The molecule has 2 amide bonds. The summed E-state index contributed by atoms with van der Waals surface area (Å²) in [7, 11) is 0. The number of para-hydroxylation sites is 2. The third kappa shape index (κ3) is 4.51. The van der Waals surface area contributed by atoms with Gasteiger partial charge >= 0.3 is 5.97 Å². The van der Waals surface area contributed by atoms with Crippen LogP contribution in [0, 0.1) is 0 Å². The number of hydrogen-bond donors (Lipinski definition) is 2. The molecule has 4 rings (SSSR count). The number of ether oxygens (including phenoxy) is 1. The van der Waals surface area contributed by atoms with Crippen LogP contribution in [0.3, 0.4) is 0 Å². The Labute approximate surface area is 173 Å². The van der Waals surface area contributed by atoms with E-state index in [1.165, 1.54) is 0 Å². The molecule has 30 heavy (non-hydrogen) atoms. The molecule has 1 saturated carbocycles. The smallest absolute Gasteiger partial charge is 0.374 e. The van der Waals surface area contributed by atoms with Crippen molar-refractivity contribution in [1.82, 2.24) is 5.32 Å². The monoisotopic (exact) mass is 406 g/mol. The van der Waals surface area contributed by atoms with Gasteiger partial charge in [0.25, 0.3) is 11.8 Å². The largest absolute Gasteiger partial charge is 0.450 e. The second kappa shape index (κ2) is 8.82. The molecule has 3 aromatic rings. The normalized spacial score (nSPS) is 13.9. The Morgan fingerprint density at radius 3 is 2.53 bits per heavy atom. The van der Waals surface area contributed by atoms with Crippen LogP contribution in [0.5, 0.6) is 0 Å². The van der Waals surface area contributed by atoms with E-state index >= 15 is 0 Å². The lowest BCUT2D eigenvalue weighted by molar-refractivity contribution is -0.119. The second-order valence-electron chi connectivity index (χ2n) is 7.27. The Bertz CT molecular complexity index is 1050. The van der Waals surface area contributed by atoms with Gasteiger partial charge in [-0.2, -0.15) is 0 Å². The quantitative estimate of drug-likeness (QED) is 0.605. The molecule has 2 N–H and O–H groups in total. The number of benzene rings is 2. The van der Waals surface area contributed by atoms with Gasteiger partial charge in [0.15, 0.2) is 6.61 Å². The first-order valence-electron chi connectivity index (χ1n) is 9.95. The summed E-state index contributed by atoms with van der Waals surface area (Å²) in [5.74, 6) is -1.47. The van der Waals surface area contributed by atoms with Crippen molar-refractivity contribution in [2.75, 3.05) is 11.9 Å². The summed E-state index contributed by atoms with van der Waals surface area (Å²) in [6.07, 6.45) is 4.16. The molecule has 0 bridgehead atoms. The third-order valence-corrected chi connectivity index (χ3v) is 5.10. The molecule has 1 aliphatic carbocycles. The zero-order chi connectivity index (χ0) is 20.9. The molecule has 0 saturated heterocycles. The van der Waals surface area contributed by atoms with Gasteiger partial charge in [0.1, 0.15) is 5.58 Å². The van der Waals surface area contributed by atoms with Gasteiger partial charge in [0.2, 0.25) is 5.76 Å². The summed E-state index contributed by atoms with van der Waals surface area (Å²) in [6, 6.07) is 15.7. The lowest BCUT2D eigenvalue weighted by atomic mass is 10.1. The SMILES string of the molecule is O=C(COC(=O)c1cc2ccccc2o1)Nc1ccccc1C(=O)NC1CCCC1. The molecule has 1 fully saturated rings. The van der Waals surface area contributed by atoms with Crippen LogP contribution < -0.4 is 10.6 Å². The summed E-state index contributed by atoms with van der Waals surface area (Å²) in [5.41, 5.74) is 1.32. The van der Waals surface area contributed by atoms with E-state index in [1.807, 2.05) is 12.1 Å². The fourth-order valence-corrected chi connectivity index (χ4v) is 3.59. The number of amides is 2. The van der Waals surface area contributed by atoms with Gasteiger partial charge in [-0.15, -0.1) is 0 Å². The van der Waals surface area contributed by atoms with E-state index in [0.29, 0.717) is 16.8 Å². The van der Waals surface area contributed by atoms with E-state index in [-0.39, 0.29) is 17.7 Å². The number of esters is 1. The van der Waals surface area contributed by atoms with Crippen molar-refractivity contribution in [3.63, 3.8) is 0 Å².